The van der Waals surface area contributed by atoms with Crippen molar-refractivity contribution in [2.24, 2.45) is 11.8 Å². The van der Waals surface area contributed by atoms with Crippen LogP contribution in [0.5, 0.6) is 0 Å². The van der Waals surface area contributed by atoms with E-state index in [4.69, 9.17) is 12.2 Å². The molecule has 0 radical (unpaired) electrons. The fraction of sp³-hybridized carbons (Fsp3) is 0.952. The first-order valence-corrected chi connectivity index (χ1v) is 11.3. The van der Waals surface area contributed by atoms with E-state index in [2.05, 4.69) is 45.2 Å². The van der Waals surface area contributed by atoms with E-state index in [0.29, 0.717) is 0 Å². The normalized spacial score (nSPS) is 11.5. The molecule has 0 aliphatic rings. The van der Waals surface area contributed by atoms with Crippen molar-refractivity contribution in [1.29, 1.82) is 0 Å². The van der Waals surface area contributed by atoms with Gasteiger partial charge in [0.15, 0.2) is 0 Å². The van der Waals surface area contributed by atoms with Gasteiger partial charge in [-0.2, -0.15) is 0 Å². The van der Waals surface area contributed by atoms with Crippen LogP contribution in [0.15, 0.2) is 0 Å². The molecular formula is C21H43NS2. The van der Waals surface area contributed by atoms with E-state index in [0.717, 1.165) is 29.2 Å². The summed E-state index contributed by atoms with van der Waals surface area (Å²) in [6, 6.07) is 0. The zero-order valence-electron chi connectivity index (χ0n) is 16.9. The van der Waals surface area contributed by atoms with Crippen molar-refractivity contribution in [2.45, 2.75) is 105 Å². The summed E-state index contributed by atoms with van der Waals surface area (Å²) in [4.78, 5) is 2.31. The summed E-state index contributed by atoms with van der Waals surface area (Å²) in [7, 11) is 0. The number of hydrogen-bond acceptors (Lipinski definition) is 1. The van der Waals surface area contributed by atoms with Gasteiger partial charge < -0.3 is 4.90 Å². The molecule has 0 aromatic carbocycles. The smallest absolute Gasteiger partial charge is 0.133 e. The van der Waals surface area contributed by atoms with E-state index in [1.165, 1.54) is 77.0 Å². The summed E-state index contributed by atoms with van der Waals surface area (Å²) in [5, 5.41) is 0. The number of thiocarbonyl (C=S) groups is 1. The van der Waals surface area contributed by atoms with Crippen molar-refractivity contribution in [1.82, 2.24) is 4.90 Å². The van der Waals surface area contributed by atoms with Gasteiger partial charge in [-0.1, -0.05) is 104 Å². The molecule has 144 valence electrons. The monoisotopic (exact) mass is 373 g/mol. The first kappa shape index (κ1) is 24.2. The fourth-order valence-electron chi connectivity index (χ4n) is 3.07. The highest BCUT2D eigenvalue weighted by Gasteiger charge is 2.06. The van der Waals surface area contributed by atoms with Crippen LogP contribution in [0.25, 0.3) is 0 Å². The van der Waals surface area contributed by atoms with Gasteiger partial charge in [0.1, 0.15) is 4.32 Å². The Morgan fingerprint density at radius 3 is 1.33 bits per heavy atom. The number of thiol groups is 1. The molecule has 0 bridgehead atoms. The first-order valence-electron chi connectivity index (χ1n) is 10.4. The van der Waals surface area contributed by atoms with Crippen LogP contribution in [0.2, 0.25) is 0 Å². The molecule has 0 unspecified atom stereocenters. The van der Waals surface area contributed by atoms with Crippen LogP contribution < -0.4 is 0 Å². The van der Waals surface area contributed by atoms with Crippen LogP contribution >= 0.6 is 24.8 Å². The van der Waals surface area contributed by atoms with Crippen molar-refractivity contribution in [3.63, 3.8) is 0 Å². The molecule has 0 amide bonds. The average molecular weight is 374 g/mol. The van der Waals surface area contributed by atoms with E-state index >= 15 is 0 Å². The van der Waals surface area contributed by atoms with Crippen molar-refractivity contribution in [2.75, 3.05) is 13.1 Å². The third-order valence-corrected chi connectivity index (χ3v) is 5.23. The van der Waals surface area contributed by atoms with E-state index in [9.17, 15) is 0 Å². The molecule has 24 heavy (non-hydrogen) atoms. The van der Waals surface area contributed by atoms with Crippen molar-refractivity contribution in [3.8, 4) is 0 Å². The Morgan fingerprint density at radius 1 is 0.667 bits per heavy atom. The molecule has 0 aliphatic heterocycles. The topological polar surface area (TPSA) is 3.24 Å². The van der Waals surface area contributed by atoms with Crippen molar-refractivity contribution < 1.29 is 0 Å². The quantitative estimate of drug-likeness (QED) is 0.169. The van der Waals surface area contributed by atoms with Gasteiger partial charge in [0.2, 0.25) is 0 Å². The molecule has 0 fully saturated rings. The van der Waals surface area contributed by atoms with Crippen LogP contribution in [-0.2, 0) is 0 Å². The van der Waals surface area contributed by atoms with Crippen LogP contribution in [0, 0.1) is 11.8 Å². The van der Waals surface area contributed by atoms with Gasteiger partial charge in [-0.15, -0.1) is 12.6 Å². The third kappa shape index (κ3) is 17.1. The average Bonchev–Trinajstić information content (AvgIpc) is 2.50. The lowest BCUT2D eigenvalue weighted by molar-refractivity contribution is 0.393. The summed E-state index contributed by atoms with van der Waals surface area (Å²) in [5.74, 6) is 1.71. The molecular weight excluding hydrogens is 330 g/mol. The molecule has 0 heterocycles. The highest BCUT2D eigenvalue weighted by Crippen LogP contribution is 2.13. The maximum absolute atomic E-state index is 5.30. The Balaban J connectivity index is 3.56. The SMILES string of the molecule is CC(C)CCCCCCCN(CCCCCCCC(C)C)C(=S)S. The van der Waals surface area contributed by atoms with E-state index in [-0.39, 0.29) is 0 Å². The molecule has 1 nitrogen and oxygen atoms in total. The zero-order valence-corrected chi connectivity index (χ0v) is 18.6. The number of rotatable bonds is 16. The maximum atomic E-state index is 5.30. The van der Waals surface area contributed by atoms with Gasteiger partial charge in [-0.05, 0) is 24.7 Å². The lowest BCUT2D eigenvalue weighted by atomic mass is 10.0. The summed E-state index contributed by atoms with van der Waals surface area (Å²) < 4.78 is 0.787. The molecule has 0 N–H and O–H groups in total. The molecule has 0 saturated heterocycles. The maximum Gasteiger partial charge on any atom is 0.133 e. The number of nitrogens with zero attached hydrogens (tertiary/aromatic N) is 1. The van der Waals surface area contributed by atoms with E-state index < -0.39 is 0 Å². The third-order valence-electron chi connectivity index (χ3n) is 4.69. The minimum absolute atomic E-state index is 0.787. The summed E-state index contributed by atoms with van der Waals surface area (Å²) >= 11 is 9.72. The second-order valence-electron chi connectivity index (χ2n) is 8.17. The van der Waals surface area contributed by atoms with Crippen LogP contribution in [0.1, 0.15) is 105 Å². The van der Waals surface area contributed by atoms with Gasteiger partial charge in [0.05, 0.1) is 0 Å². The Kier molecular flexibility index (Phi) is 16.9. The van der Waals surface area contributed by atoms with Crippen molar-refractivity contribution in [3.05, 3.63) is 0 Å². The Morgan fingerprint density at radius 2 is 1.00 bits per heavy atom. The van der Waals surface area contributed by atoms with Gasteiger partial charge in [-0.3, -0.25) is 0 Å². The molecule has 3 heteroatoms. The van der Waals surface area contributed by atoms with Crippen molar-refractivity contribution >= 4 is 29.2 Å². The predicted molar refractivity (Wildman–Crippen MR) is 118 cm³/mol. The summed E-state index contributed by atoms with van der Waals surface area (Å²) in [5.41, 5.74) is 0. The van der Waals surface area contributed by atoms with Gasteiger partial charge in [-0.25, -0.2) is 0 Å². The summed E-state index contributed by atoms with van der Waals surface area (Å²) in [6.45, 7) is 11.5. The molecule has 0 rings (SSSR count). The van der Waals surface area contributed by atoms with E-state index in [1.807, 2.05) is 0 Å². The lowest BCUT2D eigenvalue weighted by Gasteiger charge is -2.22. The fourth-order valence-corrected chi connectivity index (χ4v) is 3.46. The molecule has 0 aromatic rings. The Bertz CT molecular complexity index is 268. The zero-order chi connectivity index (χ0) is 18.2. The number of hydrogen-bond donors (Lipinski definition) is 1. The predicted octanol–water partition coefficient (Wildman–Crippen LogP) is 7.50. The minimum atomic E-state index is 0.787. The van der Waals surface area contributed by atoms with Crippen LogP contribution in [0.3, 0.4) is 0 Å². The highest BCUT2D eigenvalue weighted by atomic mass is 32.1. The lowest BCUT2D eigenvalue weighted by Crippen LogP contribution is -2.28. The van der Waals surface area contributed by atoms with Gasteiger partial charge in [0, 0.05) is 13.1 Å². The second-order valence-corrected chi connectivity index (χ2v) is 9.28. The molecule has 0 aromatic heterocycles. The van der Waals surface area contributed by atoms with E-state index in [1.54, 1.807) is 0 Å². The molecule has 0 saturated carbocycles. The standard InChI is InChI=1S/C21H43NS2/c1-19(2)15-11-7-5-9-13-17-22(21(23)24)18-14-10-6-8-12-16-20(3)4/h19-20H,5-18H2,1-4H3,(H,23,24). The minimum Gasteiger partial charge on any atom is -0.358 e. The molecule has 0 spiro atoms. The highest BCUT2D eigenvalue weighted by molar-refractivity contribution is 8.10. The largest absolute Gasteiger partial charge is 0.358 e. The summed E-state index contributed by atoms with van der Waals surface area (Å²) in [6.07, 6.45) is 16.2. The molecule has 0 aliphatic carbocycles. The Labute approximate surface area is 163 Å². The van der Waals surface area contributed by atoms with Crippen LogP contribution in [-0.4, -0.2) is 22.3 Å². The van der Waals surface area contributed by atoms with Gasteiger partial charge in [0.25, 0.3) is 0 Å². The van der Waals surface area contributed by atoms with Crippen LogP contribution in [0.4, 0.5) is 0 Å². The first-order chi connectivity index (χ1) is 11.4. The number of unbranched alkanes of at least 4 members (excludes halogenated alkanes) is 8. The Hall–Kier alpha value is 0.240. The molecule has 0 atom stereocenters. The second kappa shape index (κ2) is 16.7. The van der Waals surface area contributed by atoms with Gasteiger partial charge >= 0.3 is 0 Å².